The molecule has 4 nitrogen and oxygen atoms in total. The SMILES string of the molecule is N#CC(C#N)=C1C(c2ccc(C#N)cc2)=C(c2ccc(C(F)(F)F)cc2)C(c2ccc(C(F)(F)F)cc2)=C1c1ccc(C#N)cc1. The Balaban J connectivity index is 1.97. The summed E-state index contributed by atoms with van der Waals surface area (Å²) in [6.45, 7) is 0. The summed E-state index contributed by atoms with van der Waals surface area (Å²) in [5.74, 6) is 0. The number of alkyl halides is 6. The lowest BCUT2D eigenvalue weighted by Crippen LogP contribution is -2.05. The maximum Gasteiger partial charge on any atom is 0.416 e. The summed E-state index contributed by atoms with van der Waals surface area (Å²) in [5.41, 5.74) is 0.618. The molecule has 0 saturated carbocycles. The minimum Gasteiger partial charge on any atom is -0.192 e. The second-order valence-electron chi connectivity index (χ2n) is 10.0. The van der Waals surface area contributed by atoms with E-state index < -0.39 is 23.5 Å². The molecule has 0 aliphatic heterocycles. The third kappa shape index (κ3) is 5.76. The maximum absolute atomic E-state index is 13.5. The molecule has 0 fully saturated rings. The fraction of sp³-hybridized carbons (Fsp3) is 0.0556. The van der Waals surface area contributed by atoms with E-state index in [1.807, 2.05) is 24.3 Å². The Morgan fingerprint density at radius 1 is 0.413 bits per heavy atom. The number of nitriles is 4. The molecule has 0 N–H and O–H groups in total. The molecule has 0 amide bonds. The van der Waals surface area contributed by atoms with Gasteiger partial charge in [0.15, 0.2) is 0 Å². The number of hydrogen-bond donors (Lipinski definition) is 0. The predicted molar refractivity (Wildman–Crippen MR) is 157 cm³/mol. The van der Waals surface area contributed by atoms with E-state index in [0.29, 0.717) is 11.1 Å². The van der Waals surface area contributed by atoms with Crippen LogP contribution < -0.4 is 0 Å². The molecule has 0 saturated heterocycles. The van der Waals surface area contributed by atoms with Gasteiger partial charge in [-0.2, -0.15) is 47.4 Å². The quantitative estimate of drug-likeness (QED) is 0.168. The molecule has 5 rings (SSSR count). The Morgan fingerprint density at radius 2 is 0.696 bits per heavy atom. The second-order valence-corrected chi connectivity index (χ2v) is 10.0. The van der Waals surface area contributed by atoms with Gasteiger partial charge in [-0.3, -0.25) is 0 Å². The Morgan fingerprint density at radius 3 is 0.957 bits per heavy atom. The first-order valence-electron chi connectivity index (χ1n) is 13.3. The normalized spacial score (nSPS) is 13.1. The molecule has 4 aromatic rings. The van der Waals surface area contributed by atoms with Gasteiger partial charge < -0.3 is 0 Å². The van der Waals surface area contributed by atoms with Crippen molar-refractivity contribution in [2.45, 2.75) is 12.4 Å². The third-order valence-electron chi connectivity index (χ3n) is 7.33. The summed E-state index contributed by atoms with van der Waals surface area (Å²) in [7, 11) is 0. The number of allylic oxidation sites excluding steroid dienone is 6. The van der Waals surface area contributed by atoms with Gasteiger partial charge in [0.25, 0.3) is 0 Å². The van der Waals surface area contributed by atoms with Crippen LogP contribution in [0.25, 0.3) is 22.3 Å². The Kier molecular flexibility index (Phi) is 8.08. The van der Waals surface area contributed by atoms with Crippen LogP contribution in [0.2, 0.25) is 0 Å². The van der Waals surface area contributed by atoms with Crippen molar-refractivity contribution in [1.29, 1.82) is 21.0 Å². The van der Waals surface area contributed by atoms with Gasteiger partial charge in [0.1, 0.15) is 17.7 Å². The van der Waals surface area contributed by atoms with E-state index in [4.69, 9.17) is 0 Å². The Bertz CT molecular complexity index is 1950. The summed E-state index contributed by atoms with van der Waals surface area (Å²) in [5, 5.41) is 39.0. The molecule has 4 aromatic carbocycles. The lowest BCUT2D eigenvalue weighted by atomic mass is 9.88. The van der Waals surface area contributed by atoms with Crippen LogP contribution in [-0.4, -0.2) is 0 Å². The van der Waals surface area contributed by atoms with Crippen LogP contribution in [0.3, 0.4) is 0 Å². The van der Waals surface area contributed by atoms with Gasteiger partial charge in [-0.1, -0.05) is 48.5 Å². The second kappa shape index (κ2) is 12.0. The highest BCUT2D eigenvalue weighted by molar-refractivity contribution is 6.35. The smallest absolute Gasteiger partial charge is 0.192 e. The average molecular weight is 619 g/mol. The van der Waals surface area contributed by atoms with E-state index in [1.165, 1.54) is 48.5 Å². The lowest BCUT2D eigenvalue weighted by Gasteiger charge is -2.16. The fourth-order valence-electron chi connectivity index (χ4n) is 5.24. The van der Waals surface area contributed by atoms with E-state index in [9.17, 15) is 47.4 Å². The van der Waals surface area contributed by atoms with Crippen LogP contribution in [0.1, 0.15) is 44.5 Å². The first kappa shape index (κ1) is 31.1. The Hall–Kier alpha value is -6.36. The molecule has 1 aliphatic rings. The lowest BCUT2D eigenvalue weighted by molar-refractivity contribution is -0.138. The summed E-state index contributed by atoms with van der Waals surface area (Å²) >= 11 is 0. The van der Waals surface area contributed by atoms with Gasteiger partial charge in [-0.05, 0) is 81.9 Å². The van der Waals surface area contributed by atoms with Gasteiger partial charge in [-0.15, -0.1) is 0 Å². The van der Waals surface area contributed by atoms with Crippen LogP contribution in [0.5, 0.6) is 0 Å². The highest BCUT2D eigenvalue weighted by atomic mass is 19.4. The number of rotatable bonds is 4. The molecule has 0 heterocycles. The maximum atomic E-state index is 13.5. The van der Waals surface area contributed by atoms with Crippen molar-refractivity contribution in [3.8, 4) is 24.3 Å². The van der Waals surface area contributed by atoms with Crippen molar-refractivity contribution >= 4 is 22.3 Å². The zero-order chi connectivity index (χ0) is 33.2. The molecule has 0 aromatic heterocycles. The van der Waals surface area contributed by atoms with Crippen molar-refractivity contribution in [3.63, 3.8) is 0 Å². The van der Waals surface area contributed by atoms with E-state index in [1.54, 1.807) is 24.3 Å². The number of halogens is 6. The molecule has 46 heavy (non-hydrogen) atoms. The molecule has 222 valence electrons. The molecular weight excluding hydrogens is 602 g/mol. The van der Waals surface area contributed by atoms with Crippen LogP contribution >= 0.6 is 0 Å². The van der Waals surface area contributed by atoms with Gasteiger partial charge in [0, 0.05) is 16.7 Å². The van der Waals surface area contributed by atoms with Gasteiger partial charge in [-0.25, -0.2) is 0 Å². The van der Waals surface area contributed by atoms with E-state index >= 15 is 0 Å². The monoisotopic (exact) mass is 618 g/mol. The topological polar surface area (TPSA) is 95.2 Å². The summed E-state index contributed by atoms with van der Waals surface area (Å²) in [4.78, 5) is 0. The van der Waals surface area contributed by atoms with E-state index in [0.717, 1.165) is 24.3 Å². The van der Waals surface area contributed by atoms with Crippen LogP contribution in [-0.2, 0) is 12.4 Å². The minimum atomic E-state index is -4.65. The van der Waals surface area contributed by atoms with Crippen LogP contribution in [0, 0.1) is 45.3 Å². The van der Waals surface area contributed by atoms with Crippen LogP contribution in [0.15, 0.2) is 108 Å². The van der Waals surface area contributed by atoms with Crippen molar-refractivity contribution in [2.75, 3.05) is 0 Å². The highest BCUT2D eigenvalue weighted by Gasteiger charge is 2.37. The Labute approximate surface area is 258 Å². The van der Waals surface area contributed by atoms with Gasteiger partial charge in [0.2, 0.25) is 0 Å². The van der Waals surface area contributed by atoms with Gasteiger partial charge in [0.05, 0.1) is 34.4 Å². The van der Waals surface area contributed by atoms with E-state index in [2.05, 4.69) is 0 Å². The molecule has 1 aliphatic carbocycles. The molecular formula is C36H16F6N4. The molecule has 0 unspecified atom stereocenters. The van der Waals surface area contributed by atoms with Gasteiger partial charge >= 0.3 is 12.4 Å². The van der Waals surface area contributed by atoms with Crippen molar-refractivity contribution in [3.05, 3.63) is 153 Å². The summed E-state index contributed by atoms with van der Waals surface area (Å²) < 4.78 is 81.3. The summed E-state index contributed by atoms with van der Waals surface area (Å²) in [6.07, 6.45) is -9.31. The molecule has 0 radical (unpaired) electrons. The number of benzene rings is 4. The first-order chi connectivity index (χ1) is 21.9. The standard InChI is InChI=1S/C36H16F6N4/c37-35(38,39)28-13-9-25(10-14-28)30-31(26-11-15-29(16-12-26)36(40,41)42)33(24-7-3-22(18-44)4-8-24)34(27(19-45)20-46)32(30)23-5-1-21(17-43)2-6-23/h1-16H. The minimum absolute atomic E-state index is 0.0872. The van der Waals surface area contributed by atoms with E-state index in [-0.39, 0.29) is 55.7 Å². The molecule has 10 heteroatoms. The van der Waals surface area contributed by atoms with Crippen LogP contribution in [0.4, 0.5) is 26.3 Å². The molecule has 0 bridgehead atoms. The first-order valence-corrected chi connectivity index (χ1v) is 13.3. The number of hydrogen-bond acceptors (Lipinski definition) is 4. The predicted octanol–water partition coefficient (Wildman–Crippen LogP) is 9.35. The zero-order valence-electron chi connectivity index (χ0n) is 23.3. The number of nitrogens with zero attached hydrogens (tertiary/aromatic N) is 4. The van der Waals surface area contributed by atoms with Crippen molar-refractivity contribution in [1.82, 2.24) is 0 Å². The fourth-order valence-corrected chi connectivity index (χ4v) is 5.24. The van der Waals surface area contributed by atoms with Crippen molar-refractivity contribution in [2.24, 2.45) is 0 Å². The average Bonchev–Trinajstić information content (AvgIpc) is 3.40. The third-order valence-corrected chi connectivity index (χ3v) is 7.33. The van der Waals surface area contributed by atoms with Crippen molar-refractivity contribution < 1.29 is 26.3 Å². The molecule has 0 spiro atoms. The highest BCUT2D eigenvalue weighted by Crippen LogP contribution is 2.56. The summed E-state index contributed by atoms with van der Waals surface area (Å²) in [6, 6.07) is 28.2. The molecule has 0 atom stereocenters. The zero-order valence-corrected chi connectivity index (χ0v) is 23.3. The largest absolute Gasteiger partial charge is 0.416 e.